The number of amides is 1. The Morgan fingerprint density at radius 2 is 1.77 bits per heavy atom. The third kappa shape index (κ3) is 5.45. The number of nitrogens with one attached hydrogen (secondary N) is 1. The summed E-state index contributed by atoms with van der Waals surface area (Å²) >= 11 is 0. The van der Waals surface area contributed by atoms with Crippen LogP contribution in [-0.4, -0.2) is 30.3 Å². The monoisotopic (exact) mass is 404 g/mol. The van der Waals surface area contributed by atoms with E-state index in [9.17, 15) is 14.7 Å². The smallest absolute Gasteiger partial charge is 0.337 e. The van der Waals surface area contributed by atoms with Gasteiger partial charge in [-0.15, -0.1) is 0 Å². The molecule has 7 nitrogen and oxygen atoms in total. The maximum atomic E-state index is 12.1. The zero-order valence-electron chi connectivity index (χ0n) is 16.2. The summed E-state index contributed by atoms with van der Waals surface area (Å²) in [5.41, 5.74) is 4.75. The number of hydrogen-bond donors (Lipinski definition) is 2. The molecule has 0 aromatic heterocycles. The van der Waals surface area contributed by atoms with E-state index in [2.05, 4.69) is 15.3 Å². The zero-order valence-corrected chi connectivity index (χ0v) is 16.2. The van der Waals surface area contributed by atoms with Gasteiger partial charge in [0.25, 0.3) is 5.91 Å². The van der Waals surface area contributed by atoms with Gasteiger partial charge < -0.3 is 14.6 Å². The van der Waals surface area contributed by atoms with Crippen molar-refractivity contribution < 1.29 is 24.2 Å². The maximum Gasteiger partial charge on any atom is 0.337 e. The van der Waals surface area contributed by atoms with Crippen LogP contribution in [0.3, 0.4) is 0 Å². The number of hydrazone groups is 1. The zero-order chi connectivity index (χ0) is 21.3. The quantitative estimate of drug-likeness (QED) is 0.357. The van der Waals surface area contributed by atoms with Crippen molar-refractivity contribution in [2.75, 3.05) is 7.11 Å². The van der Waals surface area contributed by atoms with Crippen LogP contribution in [0.5, 0.6) is 11.5 Å². The Hall–Kier alpha value is -4.13. The molecule has 7 heteroatoms. The molecule has 0 atom stereocenters. The second kappa shape index (κ2) is 9.88. The minimum Gasteiger partial charge on any atom is -0.508 e. The minimum atomic E-state index is -0.439. The predicted octanol–water partition coefficient (Wildman–Crippen LogP) is 3.52. The molecule has 0 aliphatic rings. The number of carbonyl (C=O) groups excluding carboxylic acids is 2. The van der Waals surface area contributed by atoms with Crippen molar-refractivity contribution in [2.24, 2.45) is 5.10 Å². The number of ether oxygens (including phenoxy) is 2. The molecule has 0 saturated heterocycles. The fourth-order valence-corrected chi connectivity index (χ4v) is 2.61. The third-order valence-electron chi connectivity index (χ3n) is 4.17. The van der Waals surface area contributed by atoms with Crippen molar-refractivity contribution in [3.05, 3.63) is 95.1 Å². The van der Waals surface area contributed by atoms with Gasteiger partial charge >= 0.3 is 5.97 Å². The van der Waals surface area contributed by atoms with Gasteiger partial charge in [0.05, 0.1) is 18.9 Å². The Balaban J connectivity index is 1.62. The number of carbonyl (C=O) groups is 2. The van der Waals surface area contributed by atoms with Crippen molar-refractivity contribution >= 4 is 18.1 Å². The van der Waals surface area contributed by atoms with E-state index < -0.39 is 11.9 Å². The molecule has 30 heavy (non-hydrogen) atoms. The normalized spacial score (nSPS) is 10.6. The van der Waals surface area contributed by atoms with Crippen LogP contribution in [0.15, 0.2) is 77.9 Å². The number of aromatic hydroxyl groups is 1. The Morgan fingerprint density at radius 3 is 2.50 bits per heavy atom. The van der Waals surface area contributed by atoms with Gasteiger partial charge in [0, 0.05) is 11.1 Å². The molecule has 2 N–H and O–H groups in total. The van der Waals surface area contributed by atoms with Crippen LogP contribution < -0.4 is 10.2 Å². The lowest BCUT2D eigenvalue weighted by Crippen LogP contribution is -2.17. The van der Waals surface area contributed by atoms with E-state index in [0.717, 1.165) is 5.56 Å². The van der Waals surface area contributed by atoms with Crippen molar-refractivity contribution in [1.29, 1.82) is 0 Å². The highest BCUT2D eigenvalue weighted by Gasteiger charge is 2.07. The topological polar surface area (TPSA) is 97.2 Å². The maximum absolute atomic E-state index is 12.1. The first kappa shape index (κ1) is 20.6. The SMILES string of the molecule is COC(=O)c1ccc(COc2ccccc2/C=N\NC(=O)c2cccc(O)c2)cc1. The number of benzene rings is 3. The molecule has 0 fully saturated rings. The highest BCUT2D eigenvalue weighted by molar-refractivity contribution is 5.95. The van der Waals surface area contributed by atoms with E-state index in [1.807, 2.05) is 12.1 Å². The molecule has 0 aliphatic carbocycles. The van der Waals surface area contributed by atoms with E-state index in [-0.39, 0.29) is 5.75 Å². The van der Waals surface area contributed by atoms with Crippen molar-refractivity contribution in [1.82, 2.24) is 5.43 Å². The average Bonchev–Trinajstić information content (AvgIpc) is 2.78. The van der Waals surface area contributed by atoms with Crippen LogP contribution >= 0.6 is 0 Å². The number of phenolic OH excluding ortho intramolecular Hbond substituents is 1. The standard InChI is InChI=1S/C23H20N2O5/c1-29-23(28)17-11-9-16(10-12-17)15-30-21-8-3-2-5-19(21)14-24-25-22(27)18-6-4-7-20(26)13-18/h2-14,26H,15H2,1H3,(H,25,27)/b24-14-. The Bertz CT molecular complexity index is 1060. The highest BCUT2D eigenvalue weighted by Crippen LogP contribution is 2.18. The van der Waals surface area contributed by atoms with Crippen LogP contribution in [0.1, 0.15) is 31.8 Å². The number of hydrogen-bond acceptors (Lipinski definition) is 6. The predicted molar refractivity (Wildman–Crippen MR) is 112 cm³/mol. The summed E-state index contributed by atoms with van der Waals surface area (Å²) in [6.45, 7) is 0.294. The average molecular weight is 404 g/mol. The lowest BCUT2D eigenvalue weighted by atomic mass is 10.1. The first-order valence-corrected chi connectivity index (χ1v) is 9.08. The number of nitrogens with zero attached hydrogens (tertiary/aromatic N) is 1. The van der Waals surface area contributed by atoms with Crippen LogP contribution in [0.2, 0.25) is 0 Å². The van der Waals surface area contributed by atoms with Gasteiger partial charge in [0.1, 0.15) is 18.1 Å². The van der Waals surface area contributed by atoms with Crippen LogP contribution in [-0.2, 0) is 11.3 Å². The fourth-order valence-electron chi connectivity index (χ4n) is 2.61. The summed E-state index contributed by atoms with van der Waals surface area (Å²) in [6, 6.07) is 20.2. The van der Waals surface area contributed by atoms with Gasteiger partial charge in [-0.2, -0.15) is 5.10 Å². The third-order valence-corrected chi connectivity index (χ3v) is 4.17. The van der Waals surface area contributed by atoms with Gasteiger partial charge in [-0.25, -0.2) is 10.2 Å². The first-order valence-electron chi connectivity index (χ1n) is 9.08. The summed E-state index contributed by atoms with van der Waals surface area (Å²) in [5.74, 6) is -0.238. The molecule has 0 radical (unpaired) electrons. The van der Waals surface area contributed by atoms with Crippen LogP contribution in [0.25, 0.3) is 0 Å². The molecule has 3 rings (SSSR count). The van der Waals surface area contributed by atoms with Crippen molar-refractivity contribution in [2.45, 2.75) is 6.61 Å². The largest absolute Gasteiger partial charge is 0.508 e. The van der Waals surface area contributed by atoms with Crippen LogP contribution in [0, 0.1) is 0 Å². The summed E-state index contributed by atoms with van der Waals surface area (Å²) in [6.07, 6.45) is 1.48. The number of phenols is 1. The summed E-state index contributed by atoms with van der Waals surface area (Å²) in [5, 5.41) is 13.4. The lowest BCUT2D eigenvalue weighted by Gasteiger charge is -2.09. The van der Waals surface area contributed by atoms with Crippen LogP contribution in [0.4, 0.5) is 0 Å². The molecule has 1 amide bonds. The van der Waals surface area contributed by atoms with E-state index in [1.165, 1.54) is 25.5 Å². The van der Waals surface area contributed by atoms with Gasteiger partial charge in [0.2, 0.25) is 0 Å². The fraction of sp³-hybridized carbons (Fsp3) is 0.0870. The van der Waals surface area contributed by atoms with Gasteiger partial charge in [-0.3, -0.25) is 4.79 Å². The Labute approximate surface area is 173 Å². The number of rotatable bonds is 7. The Morgan fingerprint density at radius 1 is 1.00 bits per heavy atom. The minimum absolute atomic E-state index is 0.00462. The number of para-hydroxylation sites is 1. The molecule has 0 spiro atoms. The first-order chi connectivity index (χ1) is 14.6. The van der Waals surface area contributed by atoms with E-state index in [0.29, 0.717) is 29.0 Å². The van der Waals surface area contributed by atoms with Gasteiger partial charge in [-0.1, -0.05) is 30.3 Å². The lowest BCUT2D eigenvalue weighted by molar-refractivity contribution is 0.0600. The molecular formula is C23H20N2O5. The molecule has 152 valence electrons. The Kier molecular flexibility index (Phi) is 6.78. The van der Waals surface area contributed by atoms with E-state index >= 15 is 0 Å². The molecular weight excluding hydrogens is 384 g/mol. The molecule has 3 aromatic carbocycles. The van der Waals surface area contributed by atoms with Crippen molar-refractivity contribution in [3.63, 3.8) is 0 Å². The van der Waals surface area contributed by atoms with E-state index in [4.69, 9.17) is 4.74 Å². The van der Waals surface area contributed by atoms with E-state index in [1.54, 1.807) is 48.5 Å². The van der Waals surface area contributed by atoms with Gasteiger partial charge in [0.15, 0.2) is 0 Å². The molecule has 0 saturated carbocycles. The number of methoxy groups -OCH3 is 1. The van der Waals surface area contributed by atoms with Gasteiger partial charge in [-0.05, 0) is 48.0 Å². The second-order valence-corrected chi connectivity index (χ2v) is 6.26. The molecule has 0 heterocycles. The summed E-state index contributed by atoms with van der Waals surface area (Å²) in [4.78, 5) is 23.6. The van der Waals surface area contributed by atoms with Crippen molar-refractivity contribution in [3.8, 4) is 11.5 Å². The molecule has 0 bridgehead atoms. The molecule has 0 aliphatic heterocycles. The molecule has 0 unspecified atom stereocenters. The molecule has 3 aromatic rings. The highest BCUT2D eigenvalue weighted by atomic mass is 16.5. The number of esters is 1. The summed E-state index contributed by atoms with van der Waals surface area (Å²) < 4.78 is 10.5. The second-order valence-electron chi connectivity index (χ2n) is 6.26. The summed E-state index contributed by atoms with van der Waals surface area (Å²) in [7, 11) is 1.34.